The molecule has 1 saturated heterocycles. The number of hydrogen-bond donors (Lipinski definition) is 5. The van der Waals surface area contributed by atoms with Crippen molar-refractivity contribution in [2.45, 2.75) is 45.4 Å². The second kappa shape index (κ2) is 17.1. The Morgan fingerprint density at radius 3 is 2.62 bits per heavy atom. The van der Waals surface area contributed by atoms with E-state index >= 15 is 0 Å². The fourth-order valence-corrected chi connectivity index (χ4v) is 6.11. The van der Waals surface area contributed by atoms with Crippen LogP contribution in [-0.4, -0.2) is 61.3 Å². The minimum atomic E-state index is 0.0439. The van der Waals surface area contributed by atoms with Crippen molar-refractivity contribution in [1.29, 1.82) is 5.41 Å². The van der Waals surface area contributed by atoms with Crippen molar-refractivity contribution in [3.05, 3.63) is 80.8 Å². The van der Waals surface area contributed by atoms with Crippen molar-refractivity contribution in [3.8, 4) is 0 Å². The first kappa shape index (κ1) is 33.4. The monoisotopic (exact) mass is 611 g/mol. The summed E-state index contributed by atoms with van der Waals surface area (Å²) in [6.45, 7) is 9.05. The molecule has 1 aromatic heterocycles. The van der Waals surface area contributed by atoms with E-state index in [1.54, 1.807) is 12.4 Å². The third-order valence-corrected chi connectivity index (χ3v) is 8.24. The van der Waals surface area contributed by atoms with E-state index in [1.165, 1.54) is 6.21 Å². The summed E-state index contributed by atoms with van der Waals surface area (Å²) in [5.74, 6) is 2.53. The van der Waals surface area contributed by atoms with Crippen molar-refractivity contribution in [2.75, 3.05) is 45.0 Å². The SMILES string of the molecule is CCNCCN(CC/C=C\C(C=N)=C(/N)c1cc(C[C@H](C)c2c(Cl)cncc2Cl)ccc1N)C(=C=O)C1CCNCC1. The van der Waals surface area contributed by atoms with Crippen LogP contribution >= 0.6 is 23.2 Å². The summed E-state index contributed by atoms with van der Waals surface area (Å²) in [5.41, 5.74) is 17.7. The summed E-state index contributed by atoms with van der Waals surface area (Å²) in [7, 11) is 0. The lowest BCUT2D eigenvalue weighted by atomic mass is 9.92. The molecule has 2 aromatic rings. The molecule has 8 nitrogen and oxygen atoms in total. The van der Waals surface area contributed by atoms with Gasteiger partial charge in [0, 0.05) is 66.7 Å². The number of likely N-dealkylation sites (N-methyl/N-ethyl adjacent to an activating group) is 1. The van der Waals surface area contributed by atoms with E-state index in [-0.39, 0.29) is 11.8 Å². The molecule has 1 aliphatic heterocycles. The number of hydrogen-bond acceptors (Lipinski definition) is 8. The Bertz CT molecular complexity index is 1290. The van der Waals surface area contributed by atoms with Gasteiger partial charge in [-0.1, -0.05) is 55.3 Å². The summed E-state index contributed by atoms with van der Waals surface area (Å²) in [4.78, 5) is 18.2. The van der Waals surface area contributed by atoms with Gasteiger partial charge in [0.15, 0.2) is 0 Å². The number of rotatable bonds is 15. The largest absolute Gasteiger partial charge is 0.398 e. The van der Waals surface area contributed by atoms with Crippen molar-refractivity contribution in [3.63, 3.8) is 0 Å². The molecule has 10 heteroatoms. The van der Waals surface area contributed by atoms with Crippen LogP contribution in [0.3, 0.4) is 0 Å². The predicted molar refractivity (Wildman–Crippen MR) is 176 cm³/mol. The van der Waals surface area contributed by atoms with Crippen LogP contribution < -0.4 is 22.1 Å². The summed E-state index contributed by atoms with van der Waals surface area (Å²) in [6, 6.07) is 5.76. The van der Waals surface area contributed by atoms with Crippen LogP contribution in [0, 0.1) is 11.3 Å². The van der Waals surface area contributed by atoms with Crippen molar-refractivity contribution >= 4 is 46.7 Å². The zero-order valence-electron chi connectivity index (χ0n) is 24.6. The van der Waals surface area contributed by atoms with Crippen molar-refractivity contribution in [2.24, 2.45) is 11.7 Å². The van der Waals surface area contributed by atoms with Crippen molar-refractivity contribution in [1.82, 2.24) is 20.5 Å². The van der Waals surface area contributed by atoms with Crippen LogP contribution in [-0.2, 0) is 11.2 Å². The molecule has 0 amide bonds. The molecule has 0 saturated carbocycles. The molecule has 1 aromatic carbocycles. The molecule has 1 atom stereocenters. The lowest BCUT2D eigenvalue weighted by Crippen LogP contribution is -2.38. The molecule has 1 fully saturated rings. The molecular formula is C32H43Cl2N7O. The molecule has 42 heavy (non-hydrogen) atoms. The summed E-state index contributed by atoms with van der Waals surface area (Å²) in [5, 5.41) is 15.8. The zero-order valence-corrected chi connectivity index (χ0v) is 26.1. The predicted octanol–water partition coefficient (Wildman–Crippen LogP) is 5.21. The van der Waals surface area contributed by atoms with Gasteiger partial charge in [-0.15, -0.1) is 0 Å². The fourth-order valence-electron chi connectivity index (χ4n) is 5.37. The number of halogens is 2. The van der Waals surface area contributed by atoms with E-state index in [1.807, 2.05) is 30.4 Å². The third-order valence-electron chi connectivity index (χ3n) is 7.64. The zero-order chi connectivity index (χ0) is 30.5. The highest BCUT2D eigenvalue weighted by Gasteiger charge is 2.23. The quantitative estimate of drug-likeness (QED) is 0.0613. The Hall–Kier alpha value is -3.13. The Labute approximate surface area is 259 Å². The van der Waals surface area contributed by atoms with E-state index in [0.717, 1.165) is 62.4 Å². The first-order valence-electron chi connectivity index (χ1n) is 14.6. The molecule has 226 valence electrons. The summed E-state index contributed by atoms with van der Waals surface area (Å²) in [6.07, 6.45) is 11.5. The van der Waals surface area contributed by atoms with Gasteiger partial charge in [-0.3, -0.25) is 4.98 Å². The van der Waals surface area contributed by atoms with Crippen molar-refractivity contribution < 1.29 is 4.79 Å². The number of nitrogens with one attached hydrogen (secondary N) is 3. The smallest absolute Gasteiger partial charge is 0.146 e. The Morgan fingerprint density at radius 2 is 1.98 bits per heavy atom. The number of piperidine rings is 1. The molecule has 0 bridgehead atoms. The fraction of sp³-hybridized carbons (Fsp3) is 0.438. The molecule has 0 radical (unpaired) electrons. The molecule has 2 heterocycles. The van der Waals surface area contributed by atoms with Gasteiger partial charge in [-0.2, -0.15) is 0 Å². The molecule has 0 unspecified atom stereocenters. The molecular weight excluding hydrogens is 569 g/mol. The maximum absolute atomic E-state index is 12.0. The van der Waals surface area contributed by atoms with E-state index in [2.05, 4.69) is 40.3 Å². The van der Waals surface area contributed by atoms with Crippen LogP contribution in [0.4, 0.5) is 5.69 Å². The van der Waals surface area contributed by atoms with Gasteiger partial charge in [0.25, 0.3) is 0 Å². The molecule has 1 aliphatic rings. The highest BCUT2D eigenvalue weighted by Crippen LogP contribution is 2.33. The first-order valence-corrected chi connectivity index (χ1v) is 15.3. The lowest BCUT2D eigenvalue weighted by Gasteiger charge is -2.32. The Balaban J connectivity index is 1.75. The average molecular weight is 613 g/mol. The van der Waals surface area contributed by atoms with Crippen LogP contribution in [0.5, 0.6) is 0 Å². The highest BCUT2D eigenvalue weighted by molar-refractivity contribution is 6.35. The number of pyridine rings is 1. The molecule has 0 spiro atoms. The number of nitrogens with two attached hydrogens (primary N) is 2. The number of anilines is 1. The average Bonchev–Trinajstić information content (AvgIpc) is 2.98. The minimum absolute atomic E-state index is 0.0439. The molecule has 3 rings (SSSR count). The second-order valence-electron chi connectivity index (χ2n) is 10.6. The van der Waals surface area contributed by atoms with E-state index in [0.29, 0.717) is 52.0 Å². The summed E-state index contributed by atoms with van der Waals surface area (Å²) >= 11 is 12.8. The van der Waals surface area contributed by atoms with Gasteiger partial charge in [-0.05, 0) is 74.5 Å². The topological polar surface area (TPSA) is 133 Å². The van der Waals surface area contributed by atoms with Crippen LogP contribution in [0.1, 0.15) is 55.7 Å². The van der Waals surface area contributed by atoms with Gasteiger partial charge in [0.1, 0.15) is 11.6 Å². The number of benzene rings is 1. The number of aromatic nitrogens is 1. The van der Waals surface area contributed by atoms with Gasteiger partial charge >= 0.3 is 0 Å². The summed E-state index contributed by atoms with van der Waals surface area (Å²) < 4.78 is 0. The van der Waals surface area contributed by atoms with Crippen LogP contribution in [0.2, 0.25) is 10.0 Å². The molecule has 0 aliphatic carbocycles. The maximum Gasteiger partial charge on any atom is 0.146 e. The number of allylic oxidation sites excluding steroid dienone is 3. The van der Waals surface area contributed by atoms with Gasteiger partial charge in [-0.25, -0.2) is 4.79 Å². The minimum Gasteiger partial charge on any atom is -0.398 e. The van der Waals surface area contributed by atoms with E-state index in [4.69, 9.17) is 40.1 Å². The third kappa shape index (κ3) is 9.18. The number of nitrogen functional groups attached to an aromatic ring is 1. The van der Waals surface area contributed by atoms with Gasteiger partial charge in [0.05, 0.1) is 10.0 Å². The number of nitrogens with zero attached hydrogens (tertiary/aromatic N) is 2. The highest BCUT2D eigenvalue weighted by atomic mass is 35.5. The molecule has 7 N–H and O–H groups in total. The normalized spacial score (nSPS) is 15.2. The lowest BCUT2D eigenvalue weighted by molar-refractivity contribution is 0.278. The Morgan fingerprint density at radius 1 is 1.26 bits per heavy atom. The van der Waals surface area contributed by atoms with E-state index < -0.39 is 0 Å². The second-order valence-corrected chi connectivity index (χ2v) is 11.4. The first-order chi connectivity index (χ1) is 20.3. The standard InChI is InChI=1S/C32H43Cl2N7O/c1-3-38-13-15-41(30(21-42)24-9-11-39-12-10-24)14-5-4-6-25(18-35)32(37)26-17-23(7-8-29(26)36)16-22(2)31-27(33)19-40-20-28(31)34/h4,6-8,17-20,22,24,35,38-39H,3,5,9-16,36-37H2,1-2H3/b6-4-,32-25+,35-18?/t22-/m0/s1. The maximum atomic E-state index is 12.0. The van der Waals surface area contributed by atoms with Gasteiger partial charge < -0.3 is 32.4 Å². The number of carbonyl (C=O) groups excluding carboxylic acids is 1. The van der Waals surface area contributed by atoms with Gasteiger partial charge in [0.2, 0.25) is 0 Å². The van der Waals surface area contributed by atoms with Crippen LogP contribution in [0.25, 0.3) is 5.70 Å². The van der Waals surface area contributed by atoms with E-state index in [9.17, 15) is 4.79 Å². The van der Waals surface area contributed by atoms with Crippen LogP contribution in [0.15, 0.2) is 54.0 Å². The Kier molecular flexibility index (Phi) is 13.6.